The van der Waals surface area contributed by atoms with Crippen molar-refractivity contribution in [2.24, 2.45) is 5.10 Å². The first-order chi connectivity index (χ1) is 17.8. The third kappa shape index (κ3) is 3.36. The predicted octanol–water partition coefficient (Wildman–Crippen LogP) is 5.12. The summed E-state index contributed by atoms with van der Waals surface area (Å²) >= 11 is 0. The van der Waals surface area contributed by atoms with Gasteiger partial charge in [0.2, 0.25) is 0 Å². The van der Waals surface area contributed by atoms with E-state index in [2.05, 4.69) is 107 Å². The molecular formula is C32H31N4+. The Morgan fingerprint density at radius 2 is 1.42 bits per heavy atom. The normalized spacial score (nSPS) is 16.3. The summed E-state index contributed by atoms with van der Waals surface area (Å²) in [5.41, 5.74) is 9.53. The highest BCUT2D eigenvalue weighted by Crippen LogP contribution is 2.41. The molecule has 2 heterocycles. The molecule has 0 radical (unpaired) electrons. The van der Waals surface area contributed by atoms with Crippen molar-refractivity contribution >= 4 is 28.0 Å². The predicted molar refractivity (Wildman–Crippen MR) is 149 cm³/mol. The molecule has 1 aromatic heterocycles. The Kier molecular flexibility index (Phi) is 5.14. The average Bonchev–Trinajstić information content (AvgIpc) is 3.45. The van der Waals surface area contributed by atoms with E-state index in [1.807, 2.05) is 6.21 Å². The molecule has 1 N–H and O–H groups in total. The minimum Gasteiger partial charge on any atom is -0.341 e. The van der Waals surface area contributed by atoms with Crippen LogP contribution in [0.25, 0.3) is 32.9 Å². The number of nitrogens with zero attached hydrogens (tertiary/aromatic N) is 3. The van der Waals surface area contributed by atoms with Crippen LogP contribution in [-0.4, -0.2) is 42.0 Å². The van der Waals surface area contributed by atoms with Crippen molar-refractivity contribution in [3.8, 4) is 11.1 Å². The standard InChI is InChI=1S/C32H30N4/c1-2-36-30-14-8-7-11-26(30)29-21-23(15-16-31(29)36)22-33-35-19-17-34(18-20-35)32-27-12-5-3-9-24(27)25-10-4-6-13-28(25)32/h3-16,21-22,32H,2,17-20H2,1H3/p+1/b33-22-. The van der Waals surface area contributed by atoms with Gasteiger partial charge in [-0.3, -0.25) is 5.01 Å². The zero-order valence-corrected chi connectivity index (χ0v) is 20.7. The van der Waals surface area contributed by atoms with Crippen LogP contribution in [0, 0.1) is 0 Å². The van der Waals surface area contributed by atoms with Crippen LogP contribution in [0.4, 0.5) is 0 Å². The number of rotatable bonds is 4. The Hall–Kier alpha value is -3.89. The summed E-state index contributed by atoms with van der Waals surface area (Å²) in [5, 5.41) is 9.78. The Bertz CT molecular complexity index is 1560. The van der Waals surface area contributed by atoms with Gasteiger partial charge in [0.05, 0.1) is 32.4 Å². The third-order valence-corrected chi connectivity index (χ3v) is 8.11. The second-order valence-corrected chi connectivity index (χ2v) is 10.0. The molecular weight excluding hydrogens is 440 g/mol. The van der Waals surface area contributed by atoms with Gasteiger partial charge in [0.15, 0.2) is 0 Å². The first-order valence-electron chi connectivity index (χ1n) is 13.1. The molecule has 0 saturated carbocycles. The number of nitrogens with one attached hydrogen (secondary N) is 1. The highest BCUT2D eigenvalue weighted by molar-refractivity contribution is 6.09. The number of fused-ring (bicyclic) bond motifs is 6. The van der Waals surface area contributed by atoms with Gasteiger partial charge in [-0.1, -0.05) is 72.8 Å². The van der Waals surface area contributed by atoms with E-state index < -0.39 is 0 Å². The van der Waals surface area contributed by atoms with Crippen molar-refractivity contribution in [2.45, 2.75) is 19.5 Å². The van der Waals surface area contributed by atoms with Crippen LogP contribution in [0.2, 0.25) is 0 Å². The molecule has 4 nitrogen and oxygen atoms in total. The van der Waals surface area contributed by atoms with Crippen LogP contribution in [0.1, 0.15) is 29.7 Å². The van der Waals surface area contributed by atoms with Crippen molar-refractivity contribution in [3.05, 3.63) is 108 Å². The zero-order valence-electron chi connectivity index (χ0n) is 20.7. The fourth-order valence-corrected chi connectivity index (χ4v) is 6.42. The number of benzene rings is 4. The second-order valence-electron chi connectivity index (χ2n) is 10.0. The fourth-order valence-electron chi connectivity index (χ4n) is 6.42. The number of hydrogen-bond acceptors (Lipinski definition) is 2. The van der Waals surface area contributed by atoms with Crippen molar-refractivity contribution < 1.29 is 4.90 Å². The van der Waals surface area contributed by atoms with E-state index in [1.54, 1.807) is 4.90 Å². The van der Waals surface area contributed by atoms with Gasteiger partial charge in [0.1, 0.15) is 6.04 Å². The van der Waals surface area contributed by atoms with Crippen molar-refractivity contribution in [1.82, 2.24) is 9.58 Å². The number of hydrogen-bond donors (Lipinski definition) is 1. The molecule has 7 rings (SSSR count). The van der Waals surface area contributed by atoms with E-state index in [1.165, 1.54) is 44.1 Å². The maximum Gasteiger partial charge on any atom is 0.140 e. The van der Waals surface area contributed by atoms with Crippen molar-refractivity contribution in [2.75, 3.05) is 26.2 Å². The summed E-state index contributed by atoms with van der Waals surface area (Å²) in [4.78, 5) is 1.65. The molecule has 0 spiro atoms. The van der Waals surface area contributed by atoms with Crippen LogP contribution in [-0.2, 0) is 6.54 Å². The van der Waals surface area contributed by atoms with Crippen LogP contribution in [0.3, 0.4) is 0 Å². The summed E-state index contributed by atoms with van der Waals surface area (Å²) in [6.07, 6.45) is 2.04. The Balaban J connectivity index is 1.10. The van der Waals surface area contributed by atoms with Gasteiger partial charge in [0, 0.05) is 39.5 Å². The smallest absolute Gasteiger partial charge is 0.140 e. The minimum absolute atomic E-state index is 0.432. The minimum atomic E-state index is 0.432. The summed E-state index contributed by atoms with van der Waals surface area (Å²) in [5.74, 6) is 0. The molecule has 1 saturated heterocycles. The first kappa shape index (κ1) is 21.4. The molecule has 1 aliphatic heterocycles. The maximum absolute atomic E-state index is 4.91. The quantitative estimate of drug-likeness (QED) is 0.362. The van der Waals surface area contributed by atoms with E-state index in [9.17, 15) is 0 Å². The zero-order chi connectivity index (χ0) is 24.1. The van der Waals surface area contributed by atoms with E-state index in [4.69, 9.17) is 5.10 Å². The molecule has 0 atom stereocenters. The van der Waals surface area contributed by atoms with E-state index in [0.717, 1.165) is 38.3 Å². The van der Waals surface area contributed by atoms with Crippen LogP contribution in [0.15, 0.2) is 96.1 Å². The van der Waals surface area contributed by atoms with Crippen molar-refractivity contribution in [3.63, 3.8) is 0 Å². The van der Waals surface area contributed by atoms with Gasteiger partial charge in [-0.05, 0) is 41.8 Å². The fraction of sp³-hybridized carbons (Fsp3) is 0.219. The highest BCUT2D eigenvalue weighted by Gasteiger charge is 2.37. The molecule has 36 heavy (non-hydrogen) atoms. The maximum atomic E-state index is 4.91. The lowest BCUT2D eigenvalue weighted by Gasteiger charge is -2.34. The molecule has 4 aromatic carbocycles. The number of para-hydroxylation sites is 1. The lowest BCUT2D eigenvalue weighted by Crippen LogP contribution is -3.14. The highest BCUT2D eigenvalue weighted by atomic mass is 15.5. The van der Waals surface area contributed by atoms with Gasteiger partial charge >= 0.3 is 0 Å². The summed E-state index contributed by atoms with van der Waals surface area (Å²) < 4.78 is 2.40. The van der Waals surface area contributed by atoms with E-state index in [-0.39, 0.29) is 0 Å². The Labute approximate surface area is 212 Å². The number of piperazine rings is 1. The molecule has 1 aliphatic carbocycles. The summed E-state index contributed by atoms with van der Waals surface area (Å²) in [7, 11) is 0. The molecule has 5 aromatic rings. The van der Waals surface area contributed by atoms with Crippen LogP contribution < -0.4 is 4.90 Å². The second kappa shape index (κ2) is 8.65. The van der Waals surface area contributed by atoms with Gasteiger partial charge in [-0.2, -0.15) is 5.10 Å². The monoisotopic (exact) mass is 471 g/mol. The number of aryl methyl sites for hydroxylation is 1. The van der Waals surface area contributed by atoms with Crippen LogP contribution in [0.5, 0.6) is 0 Å². The molecule has 2 aliphatic rings. The Morgan fingerprint density at radius 1 is 0.778 bits per heavy atom. The molecule has 0 unspecified atom stereocenters. The van der Waals surface area contributed by atoms with Crippen molar-refractivity contribution in [1.29, 1.82) is 0 Å². The van der Waals surface area contributed by atoms with Gasteiger partial charge in [-0.15, -0.1) is 0 Å². The number of hydrazone groups is 1. The third-order valence-electron chi connectivity index (χ3n) is 8.11. The number of aromatic nitrogens is 1. The van der Waals surface area contributed by atoms with E-state index >= 15 is 0 Å². The Morgan fingerprint density at radius 3 is 2.14 bits per heavy atom. The topological polar surface area (TPSA) is 25.0 Å². The molecule has 0 amide bonds. The van der Waals surface area contributed by atoms with Gasteiger partial charge < -0.3 is 9.47 Å². The lowest BCUT2D eigenvalue weighted by molar-refractivity contribution is -0.929. The average molecular weight is 472 g/mol. The largest absolute Gasteiger partial charge is 0.341 e. The van der Waals surface area contributed by atoms with Crippen LogP contribution >= 0.6 is 0 Å². The molecule has 178 valence electrons. The van der Waals surface area contributed by atoms with E-state index in [0.29, 0.717) is 6.04 Å². The number of quaternary nitrogens is 1. The first-order valence-corrected chi connectivity index (χ1v) is 13.1. The summed E-state index contributed by atoms with van der Waals surface area (Å²) in [6, 6.07) is 33.8. The molecule has 1 fully saturated rings. The summed E-state index contributed by atoms with van der Waals surface area (Å²) in [6.45, 7) is 7.32. The van der Waals surface area contributed by atoms with Gasteiger partial charge in [0.25, 0.3) is 0 Å². The van der Waals surface area contributed by atoms with Gasteiger partial charge in [-0.25, -0.2) is 0 Å². The lowest BCUT2D eigenvalue weighted by atomic mass is 10.0. The molecule has 0 bridgehead atoms. The molecule has 4 heteroatoms. The SMILES string of the molecule is CCn1c2ccccc2c2cc(/C=N\N3CC[NH+](C4c5ccccc5-c5ccccc54)CC3)ccc21.